The van der Waals surface area contributed by atoms with Crippen molar-refractivity contribution in [3.63, 3.8) is 0 Å². The Kier molecular flexibility index (Phi) is 9.84. The van der Waals surface area contributed by atoms with Gasteiger partial charge in [0.05, 0.1) is 0 Å². The number of hydrogen-bond acceptors (Lipinski definition) is 2. The molecule has 0 saturated heterocycles. The zero-order chi connectivity index (χ0) is 10.9. The van der Waals surface area contributed by atoms with Crippen LogP contribution in [0.4, 0.5) is 0 Å². The molecule has 0 aliphatic carbocycles. The highest BCUT2D eigenvalue weighted by atomic mass is 32.9. The fraction of sp³-hybridized carbons (Fsp3) is 1.00. The quantitative estimate of drug-likeness (QED) is 0.486. The SMILES string of the molecule is CCCCCSP(O)(=S)CCCCC. The molecule has 14 heavy (non-hydrogen) atoms. The van der Waals surface area contributed by atoms with E-state index < -0.39 is 5.47 Å². The van der Waals surface area contributed by atoms with Gasteiger partial charge in [-0.05, 0) is 12.8 Å². The van der Waals surface area contributed by atoms with Crippen molar-refractivity contribution in [1.29, 1.82) is 0 Å². The molecule has 0 aromatic rings. The highest BCUT2D eigenvalue weighted by Crippen LogP contribution is 2.55. The first-order valence-corrected chi connectivity index (χ1v) is 10.1. The van der Waals surface area contributed by atoms with Crippen molar-refractivity contribution in [3.05, 3.63) is 0 Å². The maximum Gasteiger partial charge on any atom is 0.116 e. The minimum absolute atomic E-state index is 0.868. The number of unbranched alkanes of at least 4 members (excludes halogenated alkanes) is 4. The summed E-state index contributed by atoms with van der Waals surface area (Å²) in [5, 5.41) is 0. The van der Waals surface area contributed by atoms with Gasteiger partial charge in [0.2, 0.25) is 0 Å². The van der Waals surface area contributed by atoms with Crippen LogP contribution in [0.15, 0.2) is 0 Å². The predicted octanol–water partition coefficient (Wildman–Crippen LogP) is 4.40. The lowest BCUT2D eigenvalue weighted by atomic mass is 10.3. The molecule has 1 atom stereocenters. The molecule has 0 heterocycles. The Morgan fingerprint density at radius 2 is 1.64 bits per heavy atom. The van der Waals surface area contributed by atoms with Gasteiger partial charge in [-0.15, -0.1) is 0 Å². The number of rotatable bonds is 9. The molecule has 0 aliphatic rings. The maximum absolute atomic E-state index is 9.93. The van der Waals surface area contributed by atoms with Gasteiger partial charge in [-0.1, -0.05) is 62.7 Å². The van der Waals surface area contributed by atoms with Gasteiger partial charge in [-0.2, -0.15) is 0 Å². The summed E-state index contributed by atoms with van der Waals surface area (Å²) >= 11 is 6.89. The van der Waals surface area contributed by atoms with Crippen LogP contribution < -0.4 is 0 Å². The van der Waals surface area contributed by atoms with Gasteiger partial charge >= 0.3 is 0 Å². The van der Waals surface area contributed by atoms with Crippen molar-refractivity contribution in [1.82, 2.24) is 0 Å². The van der Waals surface area contributed by atoms with Gasteiger partial charge < -0.3 is 4.89 Å². The summed E-state index contributed by atoms with van der Waals surface area (Å²) in [6.07, 6.45) is 8.08. The van der Waals surface area contributed by atoms with Crippen molar-refractivity contribution >= 4 is 28.7 Å². The third-order valence-electron chi connectivity index (χ3n) is 2.09. The molecule has 4 heteroatoms. The molecule has 0 amide bonds. The lowest BCUT2D eigenvalue weighted by molar-refractivity contribution is 0.630. The Balaban J connectivity index is 3.46. The molecule has 86 valence electrons. The molecule has 1 unspecified atom stereocenters. The van der Waals surface area contributed by atoms with Crippen molar-refractivity contribution in [2.24, 2.45) is 0 Å². The van der Waals surface area contributed by atoms with Crippen LogP contribution in [0, 0.1) is 0 Å². The average Bonchev–Trinajstić information content (AvgIpc) is 2.13. The molecular formula is C10H23OPS2. The number of hydrogen-bond donors (Lipinski definition) is 1. The molecule has 0 spiro atoms. The smallest absolute Gasteiger partial charge is 0.116 e. The van der Waals surface area contributed by atoms with E-state index >= 15 is 0 Å². The lowest BCUT2D eigenvalue weighted by Gasteiger charge is -2.13. The van der Waals surface area contributed by atoms with Crippen molar-refractivity contribution < 1.29 is 4.89 Å². The molecule has 0 rings (SSSR count). The van der Waals surface area contributed by atoms with E-state index in [1.54, 1.807) is 11.4 Å². The largest absolute Gasteiger partial charge is 0.357 e. The van der Waals surface area contributed by atoms with E-state index in [1.165, 1.54) is 32.1 Å². The molecule has 0 aromatic heterocycles. The first-order chi connectivity index (χ1) is 6.62. The maximum atomic E-state index is 9.93. The van der Waals surface area contributed by atoms with Crippen LogP contribution in [0.5, 0.6) is 0 Å². The van der Waals surface area contributed by atoms with E-state index in [4.69, 9.17) is 11.8 Å². The lowest BCUT2D eigenvalue weighted by Crippen LogP contribution is -1.87. The van der Waals surface area contributed by atoms with Crippen LogP contribution in [0.3, 0.4) is 0 Å². The van der Waals surface area contributed by atoms with Crippen LogP contribution in [-0.2, 0) is 11.8 Å². The van der Waals surface area contributed by atoms with E-state index in [1.807, 2.05) is 0 Å². The van der Waals surface area contributed by atoms with Gasteiger partial charge in [0.15, 0.2) is 0 Å². The van der Waals surface area contributed by atoms with E-state index in [2.05, 4.69) is 13.8 Å². The minimum Gasteiger partial charge on any atom is -0.357 e. The fourth-order valence-corrected chi connectivity index (χ4v) is 5.63. The summed E-state index contributed by atoms with van der Waals surface area (Å²) in [6.45, 7) is 4.37. The predicted molar refractivity (Wildman–Crippen MR) is 72.9 cm³/mol. The first kappa shape index (κ1) is 15.0. The highest BCUT2D eigenvalue weighted by molar-refractivity contribution is 8.69. The van der Waals surface area contributed by atoms with E-state index in [0.29, 0.717) is 0 Å². The molecule has 1 N–H and O–H groups in total. The van der Waals surface area contributed by atoms with E-state index in [-0.39, 0.29) is 0 Å². The zero-order valence-corrected chi connectivity index (χ0v) is 11.9. The van der Waals surface area contributed by atoms with E-state index in [9.17, 15) is 4.89 Å². The van der Waals surface area contributed by atoms with Crippen LogP contribution >= 0.6 is 16.8 Å². The monoisotopic (exact) mass is 254 g/mol. The fourth-order valence-electron chi connectivity index (χ4n) is 1.19. The molecule has 0 fully saturated rings. The van der Waals surface area contributed by atoms with Crippen molar-refractivity contribution in [2.45, 2.75) is 52.4 Å². The summed E-state index contributed by atoms with van der Waals surface area (Å²) in [7, 11) is 0. The second-order valence-corrected chi connectivity index (χ2v) is 11.1. The second-order valence-electron chi connectivity index (χ2n) is 3.61. The van der Waals surface area contributed by atoms with Crippen molar-refractivity contribution in [3.8, 4) is 0 Å². The van der Waals surface area contributed by atoms with Crippen molar-refractivity contribution in [2.75, 3.05) is 11.9 Å². The Morgan fingerprint density at radius 1 is 1.07 bits per heavy atom. The van der Waals surface area contributed by atoms with Crippen LogP contribution in [-0.4, -0.2) is 16.8 Å². The molecule has 0 saturated carbocycles. The zero-order valence-electron chi connectivity index (χ0n) is 9.37. The third kappa shape index (κ3) is 9.51. The molecule has 0 bridgehead atoms. The molecule has 0 aliphatic heterocycles. The Hall–Kier alpha value is 0.960. The summed E-state index contributed by atoms with van der Waals surface area (Å²) < 4.78 is 0. The van der Waals surface area contributed by atoms with Gasteiger partial charge in [0.25, 0.3) is 0 Å². The topological polar surface area (TPSA) is 20.2 Å². The Bertz CT molecular complexity index is 174. The molecule has 0 aromatic carbocycles. The summed E-state index contributed by atoms with van der Waals surface area (Å²) in [5.41, 5.74) is -2.01. The second kappa shape index (κ2) is 9.21. The molecule has 1 nitrogen and oxygen atoms in total. The van der Waals surface area contributed by atoms with Gasteiger partial charge in [-0.25, -0.2) is 0 Å². The average molecular weight is 254 g/mol. The van der Waals surface area contributed by atoms with Gasteiger partial charge in [0.1, 0.15) is 5.47 Å². The standard InChI is InChI=1S/C10H23OPS2/c1-3-5-7-9-12(11,13)14-10-8-6-4-2/h3-10H2,1-2H3,(H,11,13). The van der Waals surface area contributed by atoms with Crippen LogP contribution in [0.1, 0.15) is 52.4 Å². The summed E-state index contributed by atoms with van der Waals surface area (Å²) in [4.78, 5) is 9.93. The summed E-state index contributed by atoms with van der Waals surface area (Å²) in [6, 6.07) is 0. The normalized spacial score (nSPS) is 15.4. The van der Waals surface area contributed by atoms with Crippen LogP contribution in [0.2, 0.25) is 0 Å². The van der Waals surface area contributed by atoms with E-state index in [0.717, 1.165) is 18.3 Å². The summed E-state index contributed by atoms with van der Waals surface area (Å²) in [5.74, 6) is 1.05. The highest BCUT2D eigenvalue weighted by Gasteiger charge is 2.11. The Labute approximate surface area is 97.9 Å². The van der Waals surface area contributed by atoms with Gasteiger partial charge in [-0.3, -0.25) is 0 Å². The Morgan fingerprint density at radius 3 is 2.21 bits per heavy atom. The third-order valence-corrected chi connectivity index (χ3v) is 7.64. The molecular weight excluding hydrogens is 231 g/mol. The van der Waals surface area contributed by atoms with Crippen LogP contribution in [0.25, 0.3) is 0 Å². The first-order valence-electron chi connectivity index (χ1n) is 5.58. The molecule has 0 radical (unpaired) electrons. The van der Waals surface area contributed by atoms with Gasteiger partial charge in [0, 0.05) is 11.9 Å². The minimum atomic E-state index is -2.01.